The Labute approximate surface area is 174 Å². The Hall–Kier alpha value is -2.37. The van der Waals surface area contributed by atoms with Crippen LogP contribution in [0.25, 0.3) is 0 Å². The first-order chi connectivity index (χ1) is 14.0. The van der Waals surface area contributed by atoms with Gasteiger partial charge in [-0.25, -0.2) is 0 Å². The summed E-state index contributed by atoms with van der Waals surface area (Å²) in [5, 5.41) is 3.05. The SMILES string of the molecule is CC(C)Oc1ccc(CCNC(=O)CN2C[C@@H](CN)[C@H](c3ccccc3)C2)cc1. The Kier molecular flexibility index (Phi) is 7.67. The predicted molar refractivity (Wildman–Crippen MR) is 117 cm³/mol. The maximum Gasteiger partial charge on any atom is 0.234 e. The molecule has 3 N–H and O–H groups in total. The standard InChI is InChI=1S/C24H33N3O2/c1-18(2)29-22-10-8-19(9-11-22)12-13-26-24(28)17-27-15-21(14-25)23(16-27)20-6-4-3-5-7-20/h3-11,18,21,23H,12-17,25H2,1-2H3,(H,26,28)/t21-,23+/m1/s1. The van der Waals surface area contributed by atoms with Crippen LogP contribution in [0.3, 0.4) is 0 Å². The number of hydrogen-bond donors (Lipinski definition) is 2. The molecule has 29 heavy (non-hydrogen) atoms. The third-order valence-electron chi connectivity index (χ3n) is 5.45. The van der Waals surface area contributed by atoms with Crippen molar-refractivity contribution >= 4 is 5.91 Å². The molecule has 2 atom stereocenters. The molecule has 0 bridgehead atoms. The third kappa shape index (κ3) is 6.31. The first kappa shape index (κ1) is 21.3. The van der Waals surface area contributed by atoms with Crippen LogP contribution in [0.5, 0.6) is 5.75 Å². The zero-order valence-electron chi connectivity index (χ0n) is 17.5. The lowest BCUT2D eigenvalue weighted by atomic mass is 9.89. The van der Waals surface area contributed by atoms with Crippen molar-refractivity contribution in [2.45, 2.75) is 32.3 Å². The van der Waals surface area contributed by atoms with Crippen LogP contribution in [0.4, 0.5) is 0 Å². The largest absolute Gasteiger partial charge is 0.491 e. The predicted octanol–water partition coefficient (Wildman–Crippen LogP) is 2.81. The monoisotopic (exact) mass is 395 g/mol. The topological polar surface area (TPSA) is 67.6 Å². The van der Waals surface area contributed by atoms with Gasteiger partial charge in [0.2, 0.25) is 5.91 Å². The van der Waals surface area contributed by atoms with Crippen molar-refractivity contribution < 1.29 is 9.53 Å². The van der Waals surface area contributed by atoms with Gasteiger partial charge < -0.3 is 15.8 Å². The number of rotatable bonds is 9. The highest BCUT2D eigenvalue weighted by molar-refractivity contribution is 5.78. The summed E-state index contributed by atoms with van der Waals surface area (Å²) in [5.41, 5.74) is 8.51. The maximum absolute atomic E-state index is 12.4. The molecule has 5 heteroatoms. The van der Waals surface area contributed by atoms with Crippen molar-refractivity contribution in [1.29, 1.82) is 0 Å². The van der Waals surface area contributed by atoms with Crippen LogP contribution in [-0.2, 0) is 11.2 Å². The van der Waals surface area contributed by atoms with Gasteiger partial charge in [-0.2, -0.15) is 0 Å². The van der Waals surface area contributed by atoms with Crippen LogP contribution in [0.15, 0.2) is 54.6 Å². The van der Waals surface area contributed by atoms with E-state index >= 15 is 0 Å². The molecule has 1 saturated heterocycles. The van der Waals surface area contributed by atoms with Gasteiger partial charge in [0.05, 0.1) is 12.6 Å². The lowest BCUT2D eigenvalue weighted by Crippen LogP contribution is -2.37. The Morgan fingerprint density at radius 1 is 1.14 bits per heavy atom. The Morgan fingerprint density at radius 2 is 1.86 bits per heavy atom. The van der Waals surface area contributed by atoms with E-state index in [4.69, 9.17) is 10.5 Å². The minimum Gasteiger partial charge on any atom is -0.491 e. The van der Waals surface area contributed by atoms with E-state index in [1.54, 1.807) is 0 Å². The van der Waals surface area contributed by atoms with Gasteiger partial charge in [-0.15, -0.1) is 0 Å². The van der Waals surface area contributed by atoms with Crippen molar-refractivity contribution in [3.63, 3.8) is 0 Å². The normalized spacial score (nSPS) is 19.4. The Balaban J connectivity index is 1.42. The van der Waals surface area contributed by atoms with E-state index in [0.717, 1.165) is 25.3 Å². The van der Waals surface area contributed by atoms with E-state index in [1.165, 1.54) is 11.1 Å². The number of nitrogens with one attached hydrogen (secondary N) is 1. The van der Waals surface area contributed by atoms with E-state index < -0.39 is 0 Å². The van der Waals surface area contributed by atoms with Crippen LogP contribution in [0.2, 0.25) is 0 Å². The molecule has 5 nitrogen and oxygen atoms in total. The van der Waals surface area contributed by atoms with Crippen LogP contribution >= 0.6 is 0 Å². The number of amides is 1. The number of hydrogen-bond acceptors (Lipinski definition) is 4. The van der Waals surface area contributed by atoms with Gasteiger partial charge in [-0.05, 0) is 56.0 Å². The van der Waals surface area contributed by atoms with E-state index in [-0.39, 0.29) is 12.0 Å². The molecule has 156 valence electrons. The van der Waals surface area contributed by atoms with E-state index in [0.29, 0.717) is 31.5 Å². The molecular weight excluding hydrogens is 362 g/mol. The molecule has 1 aliphatic rings. The van der Waals surface area contributed by atoms with E-state index in [2.05, 4.69) is 46.6 Å². The molecule has 0 spiro atoms. The van der Waals surface area contributed by atoms with Crippen molar-refractivity contribution in [3.8, 4) is 5.75 Å². The summed E-state index contributed by atoms with van der Waals surface area (Å²) in [6.45, 7) is 7.51. The van der Waals surface area contributed by atoms with Gasteiger partial charge in [-0.1, -0.05) is 42.5 Å². The van der Waals surface area contributed by atoms with Gasteiger partial charge in [-0.3, -0.25) is 9.69 Å². The molecule has 1 heterocycles. The molecule has 0 saturated carbocycles. The van der Waals surface area contributed by atoms with Crippen molar-refractivity contribution in [1.82, 2.24) is 10.2 Å². The molecule has 0 aliphatic carbocycles. The average Bonchev–Trinajstić information content (AvgIpc) is 3.12. The first-order valence-corrected chi connectivity index (χ1v) is 10.5. The zero-order valence-corrected chi connectivity index (χ0v) is 17.5. The highest BCUT2D eigenvalue weighted by atomic mass is 16.5. The quantitative estimate of drug-likeness (QED) is 0.685. The van der Waals surface area contributed by atoms with Crippen LogP contribution in [0, 0.1) is 5.92 Å². The fraction of sp³-hybridized carbons (Fsp3) is 0.458. The summed E-state index contributed by atoms with van der Waals surface area (Å²) in [6.07, 6.45) is 0.984. The van der Waals surface area contributed by atoms with Gasteiger partial charge in [0.1, 0.15) is 5.75 Å². The van der Waals surface area contributed by atoms with Gasteiger partial charge in [0, 0.05) is 25.6 Å². The Morgan fingerprint density at radius 3 is 2.52 bits per heavy atom. The number of likely N-dealkylation sites (tertiary alicyclic amines) is 1. The summed E-state index contributed by atoms with van der Waals surface area (Å²) < 4.78 is 5.66. The van der Waals surface area contributed by atoms with Crippen molar-refractivity contribution in [2.24, 2.45) is 11.7 Å². The average molecular weight is 396 g/mol. The molecule has 2 aromatic carbocycles. The van der Waals surface area contributed by atoms with Crippen LogP contribution in [-0.4, -0.2) is 49.6 Å². The van der Waals surface area contributed by atoms with Gasteiger partial charge in [0.15, 0.2) is 0 Å². The van der Waals surface area contributed by atoms with E-state index in [9.17, 15) is 4.79 Å². The number of nitrogens with two attached hydrogens (primary N) is 1. The maximum atomic E-state index is 12.4. The summed E-state index contributed by atoms with van der Waals surface area (Å²) in [4.78, 5) is 14.6. The second kappa shape index (κ2) is 10.4. The number of nitrogens with zero attached hydrogens (tertiary/aromatic N) is 1. The number of carbonyl (C=O) groups is 1. The van der Waals surface area contributed by atoms with Crippen molar-refractivity contribution in [2.75, 3.05) is 32.7 Å². The smallest absolute Gasteiger partial charge is 0.234 e. The highest BCUT2D eigenvalue weighted by Gasteiger charge is 2.33. The summed E-state index contributed by atoms with van der Waals surface area (Å²) in [7, 11) is 0. The lowest BCUT2D eigenvalue weighted by molar-refractivity contribution is -0.122. The van der Waals surface area contributed by atoms with Gasteiger partial charge in [0.25, 0.3) is 0 Å². The second-order valence-corrected chi connectivity index (χ2v) is 8.12. The molecule has 1 aliphatic heterocycles. The minimum atomic E-state index is 0.0780. The number of carbonyl (C=O) groups excluding carboxylic acids is 1. The van der Waals surface area contributed by atoms with Gasteiger partial charge >= 0.3 is 0 Å². The fourth-order valence-electron chi connectivity index (χ4n) is 4.02. The second-order valence-electron chi connectivity index (χ2n) is 8.12. The summed E-state index contributed by atoms with van der Waals surface area (Å²) >= 11 is 0. The van der Waals surface area contributed by atoms with Crippen molar-refractivity contribution in [3.05, 3.63) is 65.7 Å². The Bertz CT molecular complexity index is 761. The molecule has 1 fully saturated rings. The number of benzene rings is 2. The molecule has 0 aromatic heterocycles. The molecule has 0 unspecified atom stereocenters. The molecule has 3 rings (SSSR count). The van der Waals surface area contributed by atoms with Crippen LogP contribution < -0.4 is 15.8 Å². The lowest BCUT2D eigenvalue weighted by Gasteiger charge is -2.16. The summed E-state index contributed by atoms with van der Waals surface area (Å²) in [6, 6.07) is 18.6. The third-order valence-corrected chi connectivity index (χ3v) is 5.45. The summed E-state index contributed by atoms with van der Waals surface area (Å²) in [5.74, 6) is 1.76. The minimum absolute atomic E-state index is 0.0780. The zero-order chi connectivity index (χ0) is 20.6. The first-order valence-electron chi connectivity index (χ1n) is 10.5. The molecule has 1 amide bonds. The van der Waals surface area contributed by atoms with E-state index in [1.807, 2.05) is 32.0 Å². The fourth-order valence-corrected chi connectivity index (χ4v) is 4.02. The number of ether oxygens (including phenoxy) is 1. The molecular formula is C24H33N3O2. The van der Waals surface area contributed by atoms with Crippen LogP contribution in [0.1, 0.15) is 30.9 Å². The molecule has 2 aromatic rings. The highest BCUT2D eigenvalue weighted by Crippen LogP contribution is 2.31. The molecule has 0 radical (unpaired) electrons.